The molecule has 1 amide bonds. The highest BCUT2D eigenvalue weighted by Crippen LogP contribution is 2.19. The number of carbonyl (C=O) groups excluding carboxylic acids is 2. The first-order valence-electron chi connectivity index (χ1n) is 8.69. The molecule has 0 saturated carbocycles. The summed E-state index contributed by atoms with van der Waals surface area (Å²) in [4.78, 5) is 24.4. The Morgan fingerprint density at radius 2 is 1.58 bits per heavy atom. The van der Waals surface area contributed by atoms with Crippen LogP contribution in [0.3, 0.4) is 0 Å². The number of aliphatic hydroxyl groups is 2. The molecule has 0 aliphatic carbocycles. The molecule has 0 aliphatic heterocycles. The molecule has 24 heavy (non-hydrogen) atoms. The molecular formula is C18H36N2O4. The van der Waals surface area contributed by atoms with Gasteiger partial charge in [-0.15, -0.1) is 0 Å². The summed E-state index contributed by atoms with van der Waals surface area (Å²) < 4.78 is 0. The standard InChI is InChI=1S/C18H36N2O4/c1-17(2,3)8-7-9-19-16(24)13(11-21)10-15(23)14(12-22)20-18(4,5)6/h13-14,20-22H,7-12H2,1-6H3,(H,19,24)/t13-,14-/m0/s1. The number of hydrogen-bond acceptors (Lipinski definition) is 5. The summed E-state index contributed by atoms with van der Waals surface area (Å²) in [6.07, 6.45) is 1.75. The molecular weight excluding hydrogens is 308 g/mol. The molecule has 0 heterocycles. The molecule has 0 aromatic rings. The summed E-state index contributed by atoms with van der Waals surface area (Å²) >= 11 is 0. The van der Waals surface area contributed by atoms with E-state index in [0.29, 0.717) is 6.54 Å². The molecule has 142 valence electrons. The molecule has 0 aliphatic rings. The Labute approximate surface area is 146 Å². The molecule has 2 atom stereocenters. The average molecular weight is 344 g/mol. The second-order valence-corrected chi connectivity index (χ2v) is 8.63. The molecule has 0 bridgehead atoms. The van der Waals surface area contributed by atoms with Crippen molar-refractivity contribution in [2.75, 3.05) is 19.8 Å². The molecule has 0 radical (unpaired) electrons. The fourth-order valence-corrected chi connectivity index (χ4v) is 2.35. The van der Waals surface area contributed by atoms with Crippen molar-refractivity contribution in [3.05, 3.63) is 0 Å². The summed E-state index contributed by atoms with van der Waals surface area (Å²) in [6, 6.07) is -0.729. The number of nitrogens with one attached hydrogen (secondary N) is 2. The van der Waals surface area contributed by atoms with Crippen LogP contribution in [0.4, 0.5) is 0 Å². The Balaban J connectivity index is 4.46. The molecule has 0 unspecified atom stereocenters. The average Bonchev–Trinajstić information content (AvgIpc) is 2.44. The van der Waals surface area contributed by atoms with Crippen LogP contribution in [0.25, 0.3) is 0 Å². The minimum atomic E-state index is -0.775. The van der Waals surface area contributed by atoms with Crippen molar-refractivity contribution in [2.24, 2.45) is 11.3 Å². The predicted molar refractivity (Wildman–Crippen MR) is 95.7 cm³/mol. The van der Waals surface area contributed by atoms with Gasteiger partial charge in [-0.3, -0.25) is 9.59 Å². The van der Waals surface area contributed by atoms with Crippen LogP contribution in [0.5, 0.6) is 0 Å². The van der Waals surface area contributed by atoms with E-state index in [-0.39, 0.29) is 42.3 Å². The van der Waals surface area contributed by atoms with E-state index >= 15 is 0 Å². The first-order valence-corrected chi connectivity index (χ1v) is 8.69. The first kappa shape index (κ1) is 23.0. The largest absolute Gasteiger partial charge is 0.396 e. The van der Waals surface area contributed by atoms with Gasteiger partial charge in [0.25, 0.3) is 0 Å². The normalized spacial score (nSPS) is 15.0. The van der Waals surface area contributed by atoms with E-state index in [0.717, 1.165) is 12.8 Å². The third-order valence-electron chi connectivity index (χ3n) is 3.62. The summed E-state index contributed by atoms with van der Waals surface area (Å²) in [5.74, 6) is -1.36. The molecule has 6 heteroatoms. The van der Waals surface area contributed by atoms with Gasteiger partial charge >= 0.3 is 0 Å². The number of aliphatic hydroxyl groups excluding tert-OH is 2. The zero-order valence-electron chi connectivity index (χ0n) is 16.1. The van der Waals surface area contributed by atoms with Crippen molar-refractivity contribution in [2.45, 2.75) is 72.4 Å². The lowest BCUT2D eigenvalue weighted by Crippen LogP contribution is -2.50. The molecule has 4 N–H and O–H groups in total. The number of rotatable bonds is 10. The fraction of sp³-hybridized carbons (Fsp3) is 0.889. The monoisotopic (exact) mass is 344 g/mol. The number of ketones is 1. The maximum absolute atomic E-state index is 12.3. The Bertz CT molecular complexity index is 397. The van der Waals surface area contributed by atoms with Gasteiger partial charge in [0.15, 0.2) is 5.78 Å². The quantitative estimate of drug-likeness (QED) is 0.447. The third kappa shape index (κ3) is 10.7. The minimum Gasteiger partial charge on any atom is -0.396 e. The lowest BCUT2D eigenvalue weighted by Gasteiger charge is -2.27. The van der Waals surface area contributed by atoms with Gasteiger partial charge in [-0.25, -0.2) is 0 Å². The maximum atomic E-state index is 12.3. The van der Waals surface area contributed by atoms with Crippen LogP contribution in [0.15, 0.2) is 0 Å². The van der Waals surface area contributed by atoms with Crippen LogP contribution in [0, 0.1) is 11.3 Å². The van der Waals surface area contributed by atoms with Gasteiger partial charge in [-0.2, -0.15) is 0 Å². The van der Waals surface area contributed by atoms with Crippen LogP contribution >= 0.6 is 0 Å². The van der Waals surface area contributed by atoms with Crippen molar-refractivity contribution in [3.63, 3.8) is 0 Å². The topological polar surface area (TPSA) is 98.7 Å². The summed E-state index contributed by atoms with van der Waals surface area (Å²) in [6.45, 7) is 11.9. The number of Topliss-reactive ketones (excluding diaryl/α,β-unsaturated/α-hetero) is 1. The van der Waals surface area contributed by atoms with E-state index in [1.165, 1.54) is 0 Å². The van der Waals surface area contributed by atoms with E-state index in [2.05, 4.69) is 31.4 Å². The highest BCUT2D eigenvalue weighted by atomic mass is 16.3. The Hall–Kier alpha value is -0.980. The molecule has 0 rings (SSSR count). The van der Waals surface area contributed by atoms with Crippen molar-refractivity contribution < 1.29 is 19.8 Å². The molecule has 0 fully saturated rings. The van der Waals surface area contributed by atoms with Gasteiger partial charge in [-0.1, -0.05) is 20.8 Å². The predicted octanol–water partition coefficient (Wildman–Crippen LogP) is 1.25. The summed E-state index contributed by atoms with van der Waals surface area (Å²) in [5, 5.41) is 24.6. The van der Waals surface area contributed by atoms with Crippen LogP contribution in [-0.4, -0.2) is 53.2 Å². The highest BCUT2D eigenvalue weighted by Gasteiger charge is 2.28. The fourth-order valence-electron chi connectivity index (χ4n) is 2.35. The van der Waals surface area contributed by atoms with Crippen LogP contribution in [0.1, 0.15) is 60.8 Å². The molecule has 0 aromatic carbocycles. The molecule has 0 spiro atoms. The summed E-state index contributed by atoms with van der Waals surface area (Å²) in [7, 11) is 0. The second-order valence-electron chi connectivity index (χ2n) is 8.63. The SMILES string of the molecule is CC(C)(C)CCCNC(=O)[C@H](CO)CC(=O)[C@H](CO)NC(C)(C)C. The Morgan fingerprint density at radius 3 is 2.00 bits per heavy atom. The van der Waals surface area contributed by atoms with Crippen molar-refractivity contribution in [3.8, 4) is 0 Å². The smallest absolute Gasteiger partial charge is 0.225 e. The zero-order valence-corrected chi connectivity index (χ0v) is 16.1. The number of carbonyl (C=O) groups is 2. The van der Waals surface area contributed by atoms with Gasteiger partial charge in [0, 0.05) is 18.5 Å². The van der Waals surface area contributed by atoms with E-state index in [9.17, 15) is 19.8 Å². The Kier molecular flexibility index (Phi) is 9.70. The summed E-state index contributed by atoms with van der Waals surface area (Å²) in [5.41, 5.74) is -0.114. The van der Waals surface area contributed by atoms with Gasteiger partial charge < -0.3 is 20.8 Å². The zero-order chi connectivity index (χ0) is 19.0. The van der Waals surface area contributed by atoms with Crippen LogP contribution < -0.4 is 10.6 Å². The number of hydrogen-bond donors (Lipinski definition) is 4. The second kappa shape index (κ2) is 10.1. The van der Waals surface area contributed by atoms with Crippen molar-refractivity contribution in [1.82, 2.24) is 10.6 Å². The minimum absolute atomic E-state index is 0.0874. The van der Waals surface area contributed by atoms with E-state index in [1.54, 1.807) is 0 Å². The van der Waals surface area contributed by atoms with Crippen molar-refractivity contribution >= 4 is 11.7 Å². The molecule has 0 saturated heterocycles. The van der Waals surface area contributed by atoms with Gasteiger partial charge in [-0.05, 0) is 39.0 Å². The van der Waals surface area contributed by atoms with Gasteiger partial charge in [0.1, 0.15) is 0 Å². The number of amides is 1. The Morgan fingerprint density at radius 1 is 1.00 bits per heavy atom. The first-order chi connectivity index (χ1) is 10.9. The van der Waals surface area contributed by atoms with E-state index < -0.39 is 12.0 Å². The third-order valence-corrected chi connectivity index (χ3v) is 3.62. The van der Waals surface area contributed by atoms with E-state index in [4.69, 9.17) is 0 Å². The molecule has 6 nitrogen and oxygen atoms in total. The van der Waals surface area contributed by atoms with Gasteiger partial charge in [0.2, 0.25) is 5.91 Å². The van der Waals surface area contributed by atoms with E-state index in [1.807, 2.05) is 20.8 Å². The maximum Gasteiger partial charge on any atom is 0.225 e. The lowest BCUT2D eigenvalue weighted by molar-refractivity contribution is -0.132. The molecule has 0 aromatic heterocycles. The van der Waals surface area contributed by atoms with Crippen LogP contribution in [-0.2, 0) is 9.59 Å². The van der Waals surface area contributed by atoms with Crippen LogP contribution in [0.2, 0.25) is 0 Å². The van der Waals surface area contributed by atoms with Gasteiger partial charge in [0.05, 0.1) is 25.2 Å². The van der Waals surface area contributed by atoms with Crippen molar-refractivity contribution in [1.29, 1.82) is 0 Å². The lowest BCUT2D eigenvalue weighted by atomic mass is 9.90. The highest BCUT2D eigenvalue weighted by molar-refractivity contribution is 5.90.